The summed E-state index contributed by atoms with van der Waals surface area (Å²) in [5.74, 6) is 1.50. The van der Waals surface area contributed by atoms with Crippen LogP contribution in [0, 0.1) is 5.92 Å². The van der Waals surface area contributed by atoms with Crippen LogP contribution in [0.5, 0.6) is 5.75 Å². The Hall–Kier alpha value is -2.60. The van der Waals surface area contributed by atoms with Gasteiger partial charge < -0.3 is 15.0 Å². The predicted octanol–water partition coefficient (Wildman–Crippen LogP) is 4.62. The first-order valence-corrected chi connectivity index (χ1v) is 10.4. The zero-order valence-corrected chi connectivity index (χ0v) is 18.0. The Balaban J connectivity index is 0.00000256. The maximum absolute atomic E-state index is 12.8. The first-order valence-electron chi connectivity index (χ1n) is 10.4. The molecule has 0 spiro atoms. The van der Waals surface area contributed by atoms with Crippen molar-refractivity contribution >= 4 is 35.7 Å². The summed E-state index contributed by atoms with van der Waals surface area (Å²) < 4.78 is 6.01. The Bertz CT molecular complexity index is 912. The number of aryl methyl sites for hydroxylation is 1. The number of ether oxygens (including phenoxy) is 1. The number of fused-ring (bicyclic) bond motifs is 1. The van der Waals surface area contributed by atoms with Crippen LogP contribution in [0.4, 0.5) is 11.5 Å². The van der Waals surface area contributed by atoms with Crippen molar-refractivity contribution in [1.29, 1.82) is 0 Å². The van der Waals surface area contributed by atoms with Gasteiger partial charge in [-0.2, -0.15) is 0 Å². The maximum Gasteiger partial charge on any atom is 0.256 e. The third kappa shape index (κ3) is 4.93. The Labute approximate surface area is 183 Å². The number of carbonyl (C=O) groups excluding carboxylic acids is 2. The van der Waals surface area contributed by atoms with Gasteiger partial charge in [0, 0.05) is 30.9 Å². The smallest absolute Gasteiger partial charge is 0.256 e. The third-order valence-electron chi connectivity index (χ3n) is 5.89. The second-order valence-corrected chi connectivity index (χ2v) is 7.92. The summed E-state index contributed by atoms with van der Waals surface area (Å²) in [5, 5.41) is 2.89. The number of amides is 2. The lowest BCUT2D eigenvalue weighted by molar-refractivity contribution is -0.118. The SMILES string of the molecule is CN1C(=O)CCc2cc(C(=O)Nc3ncccc3OCC3CCCCC3)ccc21.Cl. The number of anilines is 2. The van der Waals surface area contributed by atoms with Gasteiger partial charge in [0.15, 0.2) is 11.6 Å². The molecule has 0 saturated heterocycles. The lowest BCUT2D eigenvalue weighted by Gasteiger charge is -2.26. The lowest BCUT2D eigenvalue weighted by Crippen LogP contribution is -2.31. The number of nitrogens with zero attached hydrogens (tertiary/aromatic N) is 2. The first-order chi connectivity index (χ1) is 14.1. The Morgan fingerprint density at radius 3 is 2.80 bits per heavy atom. The fraction of sp³-hybridized carbons (Fsp3) is 0.435. The molecule has 1 saturated carbocycles. The van der Waals surface area contributed by atoms with E-state index in [1.54, 1.807) is 24.2 Å². The van der Waals surface area contributed by atoms with Crippen molar-refractivity contribution < 1.29 is 14.3 Å². The van der Waals surface area contributed by atoms with Crippen LogP contribution in [-0.2, 0) is 11.2 Å². The predicted molar refractivity (Wildman–Crippen MR) is 120 cm³/mol. The van der Waals surface area contributed by atoms with Crippen LogP contribution in [-0.4, -0.2) is 30.5 Å². The third-order valence-corrected chi connectivity index (χ3v) is 5.89. The molecule has 1 aliphatic heterocycles. The molecule has 2 aliphatic rings. The number of rotatable bonds is 5. The van der Waals surface area contributed by atoms with Crippen molar-refractivity contribution in [3.63, 3.8) is 0 Å². The molecule has 0 bridgehead atoms. The molecule has 160 valence electrons. The van der Waals surface area contributed by atoms with Gasteiger partial charge in [0.1, 0.15) is 0 Å². The molecule has 7 heteroatoms. The Kier molecular flexibility index (Phi) is 7.32. The van der Waals surface area contributed by atoms with E-state index in [0.717, 1.165) is 11.3 Å². The minimum atomic E-state index is -0.228. The van der Waals surface area contributed by atoms with Crippen LogP contribution in [0.3, 0.4) is 0 Å². The van der Waals surface area contributed by atoms with E-state index in [0.29, 0.717) is 42.5 Å². The van der Waals surface area contributed by atoms with Gasteiger partial charge in [0.25, 0.3) is 5.91 Å². The zero-order chi connectivity index (χ0) is 20.2. The lowest BCUT2D eigenvalue weighted by atomic mass is 9.90. The van der Waals surface area contributed by atoms with E-state index >= 15 is 0 Å². The van der Waals surface area contributed by atoms with Gasteiger partial charge in [-0.25, -0.2) is 4.98 Å². The molecular formula is C23H28ClN3O3. The van der Waals surface area contributed by atoms with Crippen LogP contribution in [0.1, 0.15) is 54.4 Å². The van der Waals surface area contributed by atoms with Crippen molar-refractivity contribution in [3.8, 4) is 5.75 Å². The molecule has 6 nitrogen and oxygen atoms in total. The molecule has 1 fully saturated rings. The number of hydrogen-bond acceptors (Lipinski definition) is 4. The van der Waals surface area contributed by atoms with E-state index in [1.807, 2.05) is 24.3 Å². The molecule has 30 heavy (non-hydrogen) atoms. The molecule has 2 aromatic rings. The minimum absolute atomic E-state index is 0. The number of nitrogens with one attached hydrogen (secondary N) is 1. The van der Waals surface area contributed by atoms with Crippen molar-refractivity contribution in [2.45, 2.75) is 44.9 Å². The quantitative estimate of drug-likeness (QED) is 0.752. The van der Waals surface area contributed by atoms with Gasteiger partial charge in [-0.05, 0) is 61.1 Å². The Morgan fingerprint density at radius 2 is 2.00 bits per heavy atom. The van der Waals surface area contributed by atoms with Gasteiger partial charge in [-0.15, -0.1) is 12.4 Å². The highest BCUT2D eigenvalue weighted by atomic mass is 35.5. The number of hydrogen-bond donors (Lipinski definition) is 1. The second-order valence-electron chi connectivity index (χ2n) is 7.92. The van der Waals surface area contributed by atoms with Gasteiger partial charge in [-0.3, -0.25) is 9.59 Å². The van der Waals surface area contributed by atoms with Crippen LogP contribution < -0.4 is 15.0 Å². The molecule has 0 unspecified atom stereocenters. The highest BCUT2D eigenvalue weighted by Crippen LogP contribution is 2.29. The van der Waals surface area contributed by atoms with Crippen LogP contribution >= 0.6 is 12.4 Å². The van der Waals surface area contributed by atoms with Crippen molar-refractivity contribution in [2.75, 3.05) is 23.9 Å². The average Bonchev–Trinajstić information content (AvgIpc) is 2.76. The topological polar surface area (TPSA) is 71.5 Å². The van der Waals surface area contributed by atoms with Crippen molar-refractivity contribution in [1.82, 2.24) is 4.98 Å². The van der Waals surface area contributed by atoms with Gasteiger partial charge in [-0.1, -0.05) is 19.3 Å². The van der Waals surface area contributed by atoms with Crippen LogP contribution in [0.15, 0.2) is 36.5 Å². The summed E-state index contributed by atoms with van der Waals surface area (Å²) >= 11 is 0. The Morgan fingerprint density at radius 1 is 1.20 bits per heavy atom. The molecule has 1 N–H and O–H groups in total. The first kappa shape index (κ1) is 22.1. The summed E-state index contributed by atoms with van der Waals surface area (Å²) in [6.45, 7) is 0.660. The zero-order valence-electron chi connectivity index (χ0n) is 17.2. The largest absolute Gasteiger partial charge is 0.489 e. The molecule has 0 atom stereocenters. The number of halogens is 1. The van der Waals surface area contributed by atoms with Gasteiger partial charge >= 0.3 is 0 Å². The highest BCUT2D eigenvalue weighted by Gasteiger charge is 2.22. The maximum atomic E-state index is 12.8. The van der Waals surface area contributed by atoms with E-state index in [1.165, 1.54) is 32.1 Å². The number of carbonyl (C=O) groups is 2. The van der Waals surface area contributed by atoms with Crippen molar-refractivity contribution in [3.05, 3.63) is 47.7 Å². The van der Waals surface area contributed by atoms with Gasteiger partial charge in [0.05, 0.1) is 6.61 Å². The fourth-order valence-corrected chi connectivity index (χ4v) is 4.14. The summed E-state index contributed by atoms with van der Waals surface area (Å²) in [7, 11) is 1.77. The normalized spacial score (nSPS) is 16.4. The van der Waals surface area contributed by atoms with Crippen LogP contribution in [0.2, 0.25) is 0 Å². The minimum Gasteiger partial charge on any atom is -0.489 e. The molecular weight excluding hydrogens is 402 g/mol. The molecule has 1 aromatic heterocycles. The molecule has 0 radical (unpaired) electrons. The van der Waals surface area contributed by atoms with Crippen LogP contribution in [0.25, 0.3) is 0 Å². The highest BCUT2D eigenvalue weighted by molar-refractivity contribution is 6.05. The molecule has 4 rings (SSSR count). The van der Waals surface area contributed by atoms with E-state index in [2.05, 4.69) is 10.3 Å². The van der Waals surface area contributed by atoms with E-state index in [4.69, 9.17) is 4.74 Å². The van der Waals surface area contributed by atoms with Gasteiger partial charge in [0.2, 0.25) is 5.91 Å². The summed E-state index contributed by atoms with van der Waals surface area (Å²) in [6, 6.07) is 9.10. The molecule has 1 aliphatic carbocycles. The number of benzene rings is 1. The van der Waals surface area contributed by atoms with Crippen molar-refractivity contribution in [2.24, 2.45) is 5.92 Å². The van der Waals surface area contributed by atoms with E-state index in [9.17, 15) is 9.59 Å². The monoisotopic (exact) mass is 429 g/mol. The van der Waals surface area contributed by atoms with E-state index in [-0.39, 0.29) is 24.2 Å². The molecule has 2 heterocycles. The second kappa shape index (κ2) is 9.94. The number of pyridine rings is 1. The number of aromatic nitrogens is 1. The molecule has 2 amide bonds. The fourth-order valence-electron chi connectivity index (χ4n) is 4.14. The summed E-state index contributed by atoms with van der Waals surface area (Å²) in [6.07, 6.45) is 9.02. The summed E-state index contributed by atoms with van der Waals surface area (Å²) in [5.41, 5.74) is 2.43. The standard InChI is InChI=1S/C23H27N3O3.ClH/c1-26-19-11-9-18(14-17(19)10-12-21(26)27)23(28)25-22-20(8-5-13-24-22)29-15-16-6-3-2-4-7-16;/h5,8-9,11,13-14,16H,2-4,6-7,10,12,15H2,1H3,(H,24,25,28);1H. The molecule has 1 aromatic carbocycles. The van der Waals surface area contributed by atoms with E-state index < -0.39 is 0 Å². The average molecular weight is 430 g/mol. The summed E-state index contributed by atoms with van der Waals surface area (Å²) in [4.78, 5) is 30.6.